The molecule has 1 atom stereocenters. The molecule has 116 valence electrons. The van der Waals surface area contributed by atoms with Crippen LogP contribution in [0.5, 0.6) is 0 Å². The molecular weight excluding hydrogens is 270 g/mol. The lowest BCUT2D eigenvalue weighted by molar-refractivity contribution is 0.0494. The number of carbonyl (C=O) groups excluding carboxylic acids is 1. The molecule has 1 N–H and O–H groups in total. The highest BCUT2D eigenvalue weighted by molar-refractivity contribution is 5.68. The predicted molar refractivity (Wildman–Crippen MR) is 78.5 cm³/mol. The molecule has 1 heterocycles. The number of carbonyl (C=O) groups is 1. The van der Waals surface area contributed by atoms with Crippen LogP contribution in [0.1, 0.15) is 65.2 Å². The second-order valence-corrected chi connectivity index (χ2v) is 6.67. The highest BCUT2D eigenvalue weighted by Gasteiger charge is 2.37. The van der Waals surface area contributed by atoms with Gasteiger partial charge in [0.1, 0.15) is 5.60 Å². The minimum atomic E-state index is -0.525. The van der Waals surface area contributed by atoms with E-state index in [1.54, 1.807) is 0 Å². The zero-order chi connectivity index (χ0) is 15.6. The van der Waals surface area contributed by atoms with Crippen LogP contribution in [0.25, 0.3) is 6.08 Å². The summed E-state index contributed by atoms with van der Waals surface area (Å²) in [5.41, 5.74) is 0.552. The summed E-state index contributed by atoms with van der Waals surface area (Å²) < 4.78 is 10.5. The smallest absolute Gasteiger partial charge is 0.408 e. The van der Waals surface area contributed by atoms with Gasteiger partial charge in [0, 0.05) is 6.08 Å². The molecule has 0 unspecified atom stereocenters. The molecule has 1 aromatic heterocycles. The highest BCUT2D eigenvalue weighted by atomic mass is 16.6. The van der Waals surface area contributed by atoms with Gasteiger partial charge in [0.25, 0.3) is 5.89 Å². The van der Waals surface area contributed by atoms with Crippen LogP contribution in [-0.4, -0.2) is 21.8 Å². The Morgan fingerprint density at radius 1 is 1.43 bits per heavy atom. The first-order valence-electron chi connectivity index (χ1n) is 7.22. The maximum atomic E-state index is 11.9. The molecule has 1 amide bonds. The van der Waals surface area contributed by atoms with Crippen molar-refractivity contribution in [2.75, 3.05) is 0 Å². The Balaban J connectivity index is 2.07. The van der Waals surface area contributed by atoms with Gasteiger partial charge in [-0.25, -0.2) is 4.79 Å². The van der Waals surface area contributed by atoms with Crippen molar-refractivity contribution in [2.24, 2.45) is 5.92 Å². The van der Waals surface area contributed by atoms with E-state index in [1.807, 2.05) is 40.7 Å². The second-order valence-electron chi connectivity index (χ2n) is 6.67. The number of nitrogens with one attached hydrogen (secondary N) is 1. The maximum absolute atomic E-state index is 11.9. The summed E-state index contributed by atoms with van der Waals surface area (Å²) in [6.45, 7) is 9.42. The summed E-state index contributed by atoms with van der Waals surface area (Å²) in [4.78, 5) is 16.3. The van der Waals surface area contributed by atoms with Gasteiger partial charge in [0.05, 0.1) is 6.04 Å². The van der Waals surface area contributed by atoms with Gasteiger partial charge < -0.3 is 14.6 Å². The van der Waals surface area contributed by atoms with Crippen molar-refractivity contribution in [3.8, 4) is 0 Å². The largest absolute Gasteiger partial charge is 0.444 e. The molecule has 6 nitrogen and oxygen atoms in total. The first-order valence-corrected chi connectivity index (χ1v) is 7.22. The van der Waals surface area contributed by atoms with Gasteiger partial charge in [-0.15, -0.1) is 0 Å². The van der Waals surface area contributed by atoms with Crippen molar-refractivity contribution in [1.29, 1.82) is 0 Å². The zero-order valence-corrected chi connectivity index (χ0v) is 13.3. The van der Waals surface area contributed by atoms with E-state index in [1.165, 1.54) is 0 Å². The van der Waals surface area contributed by atoms with Gasteiger partial charge in [-0.1, -0.05) is 10.7 Å². The third kappa shape index (κ3) is 4.88. The van der Waals surface area contributed by atoms with E-state index in [-0.39, 0.29) is 6.04 Å². The van der Waals surface area contributed by atoms with E-state index >= 15 is 0 Å². The number of alkyl carbamates (subject to hydrolysis) is 1. The van der Waals surface area contributed by atoms with Crippen LogP contribution >= 0.6 is 0 Å². The number of ether oxygens (including phenoxy) is 1. The molecule has 0 bridgehead atoms. The summed E-state index contributed by atoms with van der Waals surface area (Å²) in [7, 11) is 0. The molecule has 1 aromatic rings. The van der Waals surface area contributed by atoms with Gasteiger partial charge in [-0.05, 0) is 53.4 Å². The lowest BCUT2D eigenvalue weighted by Gasteiger charge is -2.22. The number of rotatable bonds is 4. The molecule has 1 aliphatic carbocycles. The number of allylic oxidation sites excluding steroid dienone is 1. The van der Waals surface area contributed by atoms with Crippen molar-refractivity contribution in [3.63, 3.8) is 0 Å². The zero-order valence-electron chi connectivity index (χ0n) is 13.3. The van der Waals surface area contributed by atoms with Crippen molar-refractivity contribution < 1.29 is 14.1 Å². The minimum Gasteiger partial charge on any atom is -0.444 e. The third-order valence-corrected chi connectivity index (χ3v) is 2.91. The van der Waals surface area contributed by atoms with E-state index in [9.17, 15) is 4.79 Å². The number of amides is 1. The molecule has 1 fully saturated rings. The Hall–Kier alpha value is -1.85. The highest BCUT2D eigenvalue weighted by Crippen LogP contribution is 2.40. The fraction of sp³-hybridized carbons (Fsp3) is 0.667. The SMILES string of the molecule is CC(C)=Cc1nc([C@@H](NC(=O)OC(C)(C)C)C2CC2)no1. The fourth-order valence-electron chi connectivity index (χ4n) is 1.94. The Morgan fingerprint density at radius 3 is 2.62 bits per heavy atom. The van der Waals surface area contributed by atoms with E-state index in [0.29, 0.717) is 17.6 Å². The normalized spacial score (nSPS) is 16.2. The Bertz CT molecular complexity index is 535. The molecular formula is C15H23N3O3. The third-order valence-electron chi connectivity index (χ3n) is 2.91. The molecule has 0 saturated heterocycles. The van der Waals surface area contributed by atoms with Crippen LogP contribution in [0.3, 0.4) is 0 Å². The average molecular weight is 293 g/mol. The molecule has 6 heteroatoms. The first kappa shape index (κ1) is 15.5. The molecule has 1 saturated carbocycles. The molecule has 0 spiro atoms. The molecule has 0 radical (unpaired) electrons. The van der Waals surface area contributed by atoms with Crippen molar-refractivity contribution in [3.05, 3.63) is 17.3 Å². The molecule has 0 aromatic carbocycles. The van der Waals surface area contributed by atoms with Gasteiger partial charge in [0.2, 0.25) is 0 Å². The van der Waals surface area contributed by atoms with Crippen LogP contribution in [0.2, 0.25) is 0 Å². The summed E-state index contributed by atoms with van der Waals surface area (Å²) >= 11 is 0. The summed E-state index contributed by atoms with van der Waals surface area (Å²) in [6, 6.07) is -0.247. The topological polar surface area (TPSA) is 77.2 Å². The standard InChI is InChI=1S/C15H23N3O3/c1-9(2)8-11-16-13(18-21-11)12(10-6-7-10)17-14(19)20-15(3,4)5/h8,10,12H,6-7H2,1-5H3,(H,17,19)/t12-/m0/s1. The van der Waals surface area contributed by atoms with Crippen molar-refractivity contribution in [1.82, 2.24) is 15.5 Å². The Kier molecular flexibility index (Phi) is 4.34. The van der Waals surface area contributed by atoms with Gasteiger partial charge in [-0.3, -0.25) is 0 Å². The molecule has 0 aliphatic heterocycles. The van der Waals surface area contributed by atoms with E-state index < -0.39 is 11.7 Å². The molecule has 1 aliphatic rings. The van der Waals surface area contributed by atoms with Gasteiger partial charge in [-0.2, -0.15) is 4.98 Å². The van der Waals surface area contributed by atoms with Crippen LogP contribution in [-0.2, 0) is 4.74 Å². The van der Waals surface area contributed by atoms with Crippen LogP contribution in [0.15, 0.2) is 10.1 Å². The number of hydrogen-bond donors (Lipinski definition) is 1. The van der Waals surface area contributed by atoms with Gasteiger partial charge in [0.15, 0.2) is 5.82 Å². The van der Waals surface area contributed by atoms with Crippen LogP contribution < -0.4 is 5.32 Å². The van der Waals surface area contributed by atoms with E-state index in [2.05, 4.69) is 15.5 Å². The summed E-state index contributed by atoms with van der Waals surface area (Å²) in [5.74, 6) is 1.33. The molecule has 21 heavy (non-hydrogen) atoms. The Labute approximate surface area is 124 Å². The summed E-state index contributed by atoms with van der Waals surface area (Å²) in [5, 5.41) is 6.83. The second kappa shape index (κ2) is 5.87. The Morgan fingerprint density at radius 2 is 2.10 bits per heavy atom. The number of nitrogens with zero attached hydrogens (tertiary/aromatic N) is 2. The van der Waals surface area contributed by atoms with Crippen LogP contribution in [0, 0.1) is 5.92 Å². The lowest BCUT2D eigenvalue weighted by atomic mass is 10.2. The van der Waals surface area contributed by atoms with Gasteiger partial charge >= 0.3 is 6.09 Å². The minimum absolute atomic E-state index is 0.247. The number of hydrogen-bond acceptors (Lipinski definition) is 5. The first-order chi connectivity index (χ1) is 9.74. The monoisotopic (exact) mass is 293 g/mol. The predicted octanol–water partition coefficient (Wildman–Crippen LogP) is 3.47. The van der Waals surface area contributed by atoms with E-state index in [0.717, 1.165) is 18.4 Å². The van der Waals surface area contributed by atoms with Crippen LogP contribution in [0.4, 0.5) is 4.79 Å². The molecule has 2 rings (SSSR count). The van der Waals surface area contributed by atoms with Crippen molar-refractivity contribution >= 4 is 12.2 Å². The average Bonchev–Trinajstić information content (AvgIpc) is 3.04. The maximum Gasteiger partial charge on any atom is 0.408 e. The van der Waals surface area contributed by atoms with Crippen molar-refractivity contribution in [2.45, 2.75) is 59.1 Å². The number of aromatic nitrogens is 2. The summed E-state index contributed by atoms with van der Waals surface area (Å²) in [6.07, 6.45) is 3.46. The lowest BCUT2D eigenvalue weighted by Crippen LogP contribution is -2.36. The fourth-order valence-corrected chi connectivity index (χ4v) is 1.94. The van der Waals surface area contributed by atoms with E-state index in [4.69, 9.17) is 9.26 Å². The quantitative estimate of drug-likeness (QED) is 0.919.